The molecule has 0 bridgehead atoms. The third-order valence-corrected chi connectivity index (χ3v) is 6.99. The molecule has 0 spiro atoms. The number of aromatic amines is 1. The fourth-order valence-electron chi connectivity index (χ4n) is 4.42. The lowest BCUT2D eigenvalue weighted by Gasteiger charge is -2.26. The Labute approximate surface area is 238 Å². The first-order valence-corrected chi connectivity index (χ1v) is 13.6. The summed E-state index contributed by atoms with van der Waals surface area (Å²) in [6, 6.07) is 9.39. The number of benzene rings is 2. The van der Waals surface area contributed by atoms with Crippen molar-refractivity contribution < 1.29 is 29.4 Å². The number of rotatable bonds is 13. The normalized spacial score (nSPS) is 14.3. The summed E-state index contributed by atoms with van der Waals surface area (Å²) in [4.78, 5) is 54.9. The Morgan fingerprint density at radius 2 is 1.39 bits per heavy atom. The van der Waals surface area contributed by atoms with E-state index in [0.29, 0.717) is 5.56 Å². The minimum atomic E-state index is -1.19. The first kappa shape index (κ1) is 31.2. The molecule has 0 aliphatic rings. The molecule has 3 rings (SSSR count). The molecule has 11 nitrogen and oxygen atoms in total. The van der Waals surface area contributed by atoms with Gasteiger partial charge in [-0.1, -0.05) is 58.0 Å². The monoisotopic (exact) mass is 565 g/mol. The molecule has 1 aromatic heterocycles. The lowest BCUT2D eigenvalue weighted by molar-refractivity contribution is -0.143. The summed E-state index contributed by atoms with van der Waals surface area (Å²) in [5.41, 5.74) is 8.28. The van der Waals surface area contributed by atoms with E-state index in [1.165, 1.54) is 12.1 Å². The van der Waals surface area contributed by atoms with E-state index >= 15 is 0 Å². The van der Waals surface area contributed by atoms with E-state index in [1.807, 2.05) is 24.3 Å². The molecule has 4 unspecified atom stereocenters. The van der Waals surface area contributed by atoms with Gasteiger partial charge >= 0.3 is 5.97 Å². The van der Waals surface area contributed by atoms with Crippen LogP contribution in [0.5, 0.6) is 5.75 Å². The Bertz CT molecular complexity index is 1370. The van der Waals surface area contributed by atoms with Gasteiger partial charge in [0.15, 0.2) is 0 Å². The Morgan fingerprint density at radius 1 is 0.805 bits per heavy atom. The molecule has 4 atom stereocenters. The summed E-state index contributed by atoms with van der Waals surface area (Å²) >= 11 is 0. The number of amides is 3. The second-order valence-corrected chi connectivity index (χ2v) is 10.9. The van der Waals surface area contributed by atoms with E-state index in [1.54, 1.807) is 46.0 Å². The fraction of sp³-hybridized carbons (Fsp3) is 0.400. The van der Waals surface area contributed by atoms with Crippen LogP contribution in [0.1, 0.15) is 38.8 Å². The predicted octanol–water partition coefficient (Wildman–Crippen LogP) is 1.84. The van der Waals surface area contributed by atoms with Crippen molar-refractivity contribution in [1.82, 2.24) is 20.9 Å². The summed E-state index contributed by atoms with van der Waals surface area (Å²) in [6.07, 6.45) is 1.87. The first-order chi connectivity index (χ1) is 19.4. The van der Waals surface area contributed by atoms with Crippen LogP contribution in [-0.2, 0) is 32.0 Å². The van der Waals surface area contributed by atoms with Crippen molar-refractivity contribution in [3.8, 4) is 5.75 Å². The molecule has 220 valence electrons. The molecule has 0 fully saturated rings. The topological polar surface area (TPSA) is 187 Å². The minimum Gasteiger partial charge on any atom is -0.508 e. The number of phenols is 1. The van der Waals surface area contributed by atoms with Gasteiger partial charge in [0.25, 0.3) is 0 Å². The van der Waals surface area contributed by atoms with Gasteiger partial charge in [-0.05, 0) is 41.2 Å². The van der Waals surface area contributed by atoms with Gasteiger partial charge in [-0.2, -0.15) is 0 Å². The van der Waals surface area contributed by atoms with Crippen LogP contribution >= 0.6 is 0 Å². The molecule has 2 aromatic carbocycles. The number of nitrogens with one attached hydrogen (secondary N) is 4. The van der Waals surface area contributed by atoms with E-state index in [9.17, 15) is 29.4 Å². The molecule has 0 saturated heterocycles. The Morgan fingerprint density at radius 3 is 2.00 bits per heavy atom. The third kappa shape index (κ3) is 8.31. The highest BCUT2D eigenvalue weighted by Gasteiger charge is 2.32. The van der Waals surface area contributed by atoms with Gasteiger partial charge in [-0.3, -0.25) is 14.4 Å². The number of H-pyrrole nitrogens is 1. The number of para-hydroxylation sites is 1. The lowest BCUT2D eigenvalue weighted by Crippen LogP contribution is -2.59. The van der Waals surface area contributed by atoms with E-state index < -0.39 is 53.8 Å². The maximum atomic E-state index is 13.7. The number of aliphatic carboxylic acids is 1. The van der Waals surface area contributed by atoms with Crippen molar-refractivity contribution in [3.05, 3.63) is 65.9 Å². The molecule has 1 heterocycles. The number of nitrogens with two attached hydrogens (primary N) is 1. The van der Waals surface area contributed by atoms with Crippen molar-refractivity contribution in [2.24, 2.45) is 17.6 Å². The number of aromatic hydroxyl groups is 1. The average molecular weight is 566 g/mol. The van der Waals surface area contributed by atoms with Crippen molar-refractivity contribution in [3.63, 3.8) is 0 Å². The number of carboxylic acid groups (broad SMARTS) is 1. The van der Waals surface area contributed by atoms with Crippen molar-refractivity contribution in [2.75, 3.05) is 0 Å². The van der Waals surface area contributed by atoms with Gasteiger partial charge in [-0.15, -0.1) is 0 Å². The number of fused-ring (bicyclic) bond motifs is 1. The lowest BCUT2D eigenvalue weighted by atomic mass is 9.99. The fourth-order valence-corrected chi connectivity index (χ4v) is 4.42. The van der Waals surface area contributed by atoms with Gasteiger partial charge in [0.1, 0.15) is 23.9 Å². The van der Waals surface area contributed by atoms with E-state index in [-0.39, 0.29) is 24.5 Å². The van der Waals surface area contributed by atoms with Crippen molar-refractivity contribution in [1.29, 1.82) is 0 Å². The molecule has 0 saturated carbocycles. The van der Waals surface area contributed by atoms with Crippen LogP contribution in [0.3, 0.4) is 0 Å². The van der Waals surface area contributed by atoms with Crippen LogP contribution in [0.15, 0.2) is 54.7 Å². The molecular weight excluding hydrogens is 526 g/mol. The quantitative estimate of drug-likeness (QED) is 0.165. The number of carbonyl (C=O) groups is 4. The summed E-state index contributed by atoms with van der Waals surface area (Å²) in [5, 5.41) is 28.1. The smallest absolute Gasteiger partial charge is 0.326 e. The van der Waals surface area contributed by atoms with E-state index in [0.717, 1.165) is 16.5 Å². The zero-order valence-corrected chi connectivity index (χ0v) is 23.7. The van der Waals surface area contributed by atoms with Crippen molar-refractivity contribution >= 4 is 34.6 Å². The number of hydrogen-bond acceptors (Lipinski definition) is 6. The minimum absolute atomic E-state index is 0.0502. The van der Waals surface area contributed by atoms with Crippen LogP contribution in [-0.4, -0.2) is 63.1 Å². The van der Waals surface area contributed by atoms with Crippen LogP contribution < -0.4 is 21.7 Å². The maximum Gasteiger partial charge on any atom is 0.326 e. The van der Waals surface area contributed by atoms with Gasteiger partial charge in [0.2, 0.25) is 17.7 Å². The number of aromatic nitrogens is 1. The second kappa shape index (κ2) is 13.8. The SMILES string of the molecule is CC(C)C(N)C(=O)NC(Cc1ccc(O)cc1)C(=O)NC(Cc1c[nH]c2ccccc12)C(=O)NC(C(=O)O)C(C)C. The highest BCUT2D eigenvalue weighted by Crippen LogP contribution is 2.20. The molecule has 0 aliphatic heterocycles. The molecule has 3 amide bonds. The molecule has 3 aromatic rings. The van der Waals surface area contributed by atoms with E-state index in [2.05, 4.69) is 20.9 Å². The molecule has 0 aliphatic carbocycles. The Balaban J connectivity index is 1.92. The standard InChI is InChI=1S/C30H39N5O6/c1-16(2)25(31)29(39)34-23(13-18-9-11-20(36)12-10-18)27(37)33-24(28(38)35-26(17(3)4)30(40)41)14-19-15-32-22-8-6-5-7-21(19)22/h5-12,15-17,23-26,32,36H,13-14,31H2,1-4H3,(H,33,37)(H,34,39)(H,35,38)(H,40,41). The number of hydrogen-bond donors (Lipinski definition) is 7. The summed E-state index contributed by atoms with van der Waals surface area (Å²) < 4.78 is 0. The van der Waals surface area contributed by atoms with Gasteiger partial charge in [-0.25, -0.2) is 4.79 Å². The average Bonchev–Trinajstić information content (AvgIpc) is 3.33. The van der Waals surface area contributed by atoms with Gasteiger partial charge in [0, 0.05) is 29.9 Å². The zero-order valence-electron chi connectivity index (χ0n) is 23.7. The molecular formula is C30H39N5O6. The summed E-state index contributed by atoms with van der Waals surface area (Å²) in [5.74, 6) is -3.56. The highest BCUT2D eigenvalue weighted by atomic mass is 16.4. The van der Waals surface area contributed by atoms with Gasteiger partial charge in [0.05, 0.1) is 6.04 Å². The number of carboxylic acids is 1. The summed E-state index contributed by atoms with van der Waals surface area (Å²) in [7, 11) is 0. The molecule has 0 radical (unpaired) electrons. The van der Waals surface area contributed by atoms with Crippen LogP contribution in [0.25, 0.3) is 10.9 Å². The van der Waals surface area contributed by atoms with Crippen molar-refractivity contribution in [2.45, 2.75) is 64.7 Å². The molecule has 11 heteroatoms. The molecule has 41 heavy (non-hydrogen) atoms. The second-order valence-electron chi connectivity index (χ2n) is 10.9. The maximum absolute atomic E-state index is 13.7. The number of phenolic OH excluding ortho intramolecular Hbond substituents is 1. The first-order valence-electron chi connectivity index (χ1n) is 13.6. The number of carbonyl (C=O) groups excluding carboxylic acids is 3. The largest absolute Gasteiger partial charge is 0.508 e. The zero-order chi connectivity index (χ0) is 30.3. The van der Waals surface area contributed by atoms with Crippen LogP contribution in [0.4, 0.5) is 0 Å². The van der Waals surface area contributed by atoms with Gasteiger partial charge < -0.3 is 36.9 Å². The van der Waals surface area contributed by atoms with Crippen LogP contribution in [0, 0.1) is 11.8 Å². The molecule has 8 N–H and O–H groups in total. The Hall–Kier alpha value is -4.38. The predicted molar refractivity (Wildman–Crippen MR) is 155 cm³/mol. The van der Waals surface area contributed by atoms with Crippen LogP contribution in [0.2, 0.25) is 0 Å². The highest BCUT2D eigenvalue weighted by molar-refractivity contribution is 5.95. The Kier molecular flexibility index (Phi) is 10.5. The van der Waals surface area contributed by atoms with E-state index in [4.69, 9.17) is 5.73 Å². The summed E-state index contributed by atoms with van der Waals surface area (Å²) in [6.45, 7) is 6.92. The third-order valence-electron chi connectivity index (χ3n) is 6.99.